The van der Waals surface area contributed by atoms with Crippen LogP contribution in [0.1, 0.15) is 59.9 Å². The molecular weight excluding hydrogens is 492 g/mol. The summed E-state index contributed by atoms with van der Waals surface area (Å²) in [5.41, 5.74) is 7.43. The number of thiocarbonyl (C=S) groups is 1. The van der Waals surface area contributed by atoms with Gasteiger partial charge in [0, 0.05) is 27.2 Å². The second-order valence-electron chi connectivity index (χ2n) is 8.65. The Kier molecular flexibility index (Phi) is 7.30. The smallest absolute Gasteiger partial charge is 0.269 e. The van der Waals surface area contributed by atoms with Crippen LogP contribution in [0.3, 0.4) is 0 Å². The van der Waals surface area contributed by atoms with Crippen molar-refractivity contribution in [2.75, 3.05) is 5.32 Å². The van der Waals surface area contributed by atoms with Gasteiger partial charge in [-0.05, 0) is 72.4 Å². The molecular formula is C23H25BrN4O3S. The van der Waals surface area contributed by atoms with Gasteiger partial charge in [-0.2, -0.15) is 0 Å². The summed E-state index contributed by atoms with van der Waals surface area (Å²) in [7, 11) is 0. The fourth-order valence-corrected chi connectivity index (χ4v) is 4.07. The van der Waals surface area contributed by atoms with Crippen molar-refractivity contribution in [1.29, 1.82) is 0 Å². The van der Waals surface area contributed by atoms with E-state index in [2.05, 4.69) is 58.2 Å². The van der Waals surface area contributed by atoms with Gasteiger partial charge in [0.15, 0.2) is 5.11 Å². The van der Waals surface area contributed by atoms with Crippen molar-refractivity contribution in [1.82, 2.24) is 16.2 Å². The summed E-state index contributed by atoms with van der Waals surface area (Å²) >= 11 is 8.61. The van der Waals surface area contributed by atoms with Crippen LogP contribution in [0.4, 0.5) is 5.69 Å². The van der Waals surface area contributed by atoms with Gasteiger partial charge in [0.05, 0.1) is 0 Å². The van der Waals surface area contributed by atoms with Crippen LogP contribution < -0.4 is 21.5 Å². The highest BCUT2D eigenvalue weighted by molar-refractivity contribution is 9.10. The van der Waals surface area contributed by atoms with Crippen LogP contribution in [0.5, 0.6) is 0 Å². The maximum Gasteiger partial charge on any atom is 0.269 e. The molecule has 4 N–H and O–H groups in total. The third kappa shape index (κ3) is 6.37. The lowest BCUT2D eigenvalue weighted by Crippen LogP contribution is -2.48. The molecule has 3 rings (SSSR count). The zero-order chi connectivity index (χ0) is 23.5. The maximum absolute atomic E-state index is 12.5. The molecule has 3 amide bonds. The SMILES string of the molecule is CC(C)(C)c1ccc(C(=O)NC(=S)NNC(=O)c2ccc(NC(=O)C3CC3)cc2)cc1Br. The fraction of sp³-hybridized carbons (Fsp3) is 0.304. The third-order valence-corrected chi connectivity index (χ3v) is 5.78. The largest absolute Gasteiger partial charge is 0.326 e. The lowest BCUT2D eigenvalue weighted by atomic mass is 9.86. The molecule has 1 fully saturated rings. The highest BCUT2D eigenvalue weighted by Gasteiger charge is 2.29. The number of amides is 3. The zero-order valence-corrected chi connectivity index (χ0v) is 20.4. The molecule has 1 saturated carbocycles. The van der Waals surface area contributed by atoms with Gasteiger partial charge in [-0.15, -0.1) is 0 Å². The Labute approximate surface area is 200 Å². The van der Waals surface area contributed by atoms with E-state index in [4.69, 9.17) is 12.2 Å². The molecule has 7 nitrogen and oxygen atoms in total. The van der Waals surface area contributed by atoms with E-state index in [1.54, 1.807) is 36.4 Å². The number of nitrogens with one attached hydrogen (secondary N) is 4. The van der Waals surface area contributed by atoms with Crippen molar-refractivity contribution in [2.45, 2.75) is 39.0 Å². The minimum absolute atomic E-state index is 0.00466. The normalized spacial score (nSPS) is 13.1. The van der Waals surface area contributed by atoms with Crippen molar-refractivity contribution >= 4 is 56.7 Å². The van der Waals surface area contributed by atoms with Crippen molar-refractivity contribution in [3.8, 4) is 0 Å². The second-order valence-corrected chi connectivity index (χ2v) is 9.91. The van der Waals surface area contributed by atoms with E-state index >= 15 is 0 Å². The van der Waals surface area contributed by atoms with E-state index in [-0.39, 0.29) is 22.4 Å². The molecule has 168 valence electrons. The van der Waals surface area contributed by atoms with E-state index < -0.39 is 11.8 Å². The first kappa shape index (κ1) is 23.9. The molecule has 0 spiro atoms. The van der Waals surface area contributed by atoms with E-state index in [1.807, 2.05) is 6.07 Å². The average molecular weight is 517 g/mol. The predicted molar refractivity (Wildman–Crippen MR) is 131 cm³/mol. The number of carbonyl (C=O) groups is 3. The molecule has 0 radical (unpaired) electrons. The fourth-order valence-electron chi connectivity index (χ4n) is 2.95. The topological polar surface area (TPSA) is 99.3 Å². The summed E-state index contributed by atoms with van der Waals surface area (Å²) < 4.78 is 0.835. The van der Waals surface area contributed by atoms with Crippen LogP contribution >= 0.6 is 28.1 Å². The number of rotatable bonds is 4. The summed E-state index contributed by atoms with van der Waals surface area (Å²) in [6.07, 6.45) is 1.85. The van der Waals surface area contributed by atoms with Gasteiger partial charge < -0.3 is 5.32 Å². The van der Waals surface area contributed by atoms with Crippen LogP contribution in [-0.4, -0.2) is 22.8 Å². The molecule has 0 unspecified atom stereocenters. The number of anilines is 1. The Morgan fingerprint density at radius 1 is 0.938 bits per heavy atom. The molecule has 0 heterocycles. The van der Waals surface area contributed by atoms with Gasteiger partial charge in [-0.3, -0.25) is 30.6 Å². The highest BCUT2D eigenvalue weighted by atomic mass is 79.9. The monoisotopic (exact) mass is 516 g/mol. The standard InChI is InChI=1S/C23H25BrN4O3S/c1-23(2,3)17-11-8-15(12-18(17)24)20(30)26-22(32)28-27-21(31)14-6-9-16(10-7-14)25-19(29)13-4-5-13/h6-13H,4-5H2,1-3H3,(H,25,29)(H,27,31)(H2,26,28,30,32). The van der Waals surface area contributed by atoms with E-state index in [0.717, 1.165) is 22.9 Å². The second kappa shape index (κ2) is 9.79. The van der Waals surface area contributed by atoms with Crippen molar-refractivity contribution in [2.24, 2.45) is 5.92 Å². The number of benzene rings is 2. The number of hydrogen-bond donors (Lipinski definition) is 4. The Morgan fingerprint density at radius 2 is 1.56 bits per heavy atom. The maximum atomic E-state index is 12.5. The zero-order valence-electron chi connectivity index (χ0n) is 18.0. The van der Waals surface area contributed by atoms with Crippen molar-refractivity contribution in [3.05, 3.63) is 63.6 Å². The Hall–Kier alpha value is -2.78. The molecule has 2 aromatic rings. The van der Waals surface area contributed by atoms with Gasteiger partial charge in [-0.25, -0.2) is 0 Å². The molecule has 0 bridgehead atoms. The van der Waals surface area contributed by atoms with E-state index in [0.29, 0.717) is 16.8 Å². The first-order chi connectivity index (χ1) is 15.0. The van der Waals surface area contributed by atoms with Crippen LogP contribution in [0, 0.1) is 5.92 Å². The Balaban J connectivity index is 1.49. The lowest BCUT2D eigenvalue weighted by Gasteiger charge is -2.21. The van der Waals surface area contributed by atoms with Crippen LogP contribution in [0.15, 0.2) is 46.9 Å². The Bertz CT molecular complexity index is 1060. The molecule has 0 saturated heterocycles. The summed E-state index contributed by atoms with van der Waals surface area (Å²) in [5.74, 6) is -0.714. The first-order valence-corrected chi connectivity index (χ1v) is 11.4. The summed E-state index contributed by atoms with van der Waals surface area (Å²) in [4.78, 5) is 36.5. The minimum atomic E-state index is -0.432. The number of hydrogen-bond acceptors (Lipinski definition) is 4. The lowest BCUT2D eigenvalue weighted by molar-refractivity contribution is -0.117. The molecule has 0 atom stereocenters. The molecule has 2 aromatic carbocycles. The summed E-state index contributed by atoms with van der Waals surface area (Å²) in [6.45, 7) is 6.27. The molecule has 32 heavy (non-hydrogen) atoms. The molecule has 1 aliphatic carbocycles. The number of carbonyl (C=O) groups excluding carboxylic acids is 3. The highest BCUT2D eigenvalue weighted by Crippen LogP contribution is 2.31. The summed E-state index contributed by atoms with van der Waals surface area (Å²) in [6, 6.07) is 11.9. The molecule has 0 aliphatic heterocycles. The van der Waals surface area contributed by atoms with Crippen molar-refractivity contribution < 1.29 is 14.4 Å². The van der Waals surface area contributed by atoms with Crippen LogP contribution in [0.25, 0.3) is 0 Å². The molecule has 1 aliphatic rings. The van der Waals surface area contributed by atoms with Gasteiger partial charge in [0.1, 0.15) is 0 Å². The van der Waals surface area contributed by atoms with Gasteiger partial charge in [-0.1, -0.05) is 42.8 Å². The third-order valence-electron chi connectivity index (χ3n) is 4.92. The quantitative estimate of drug-likeness (QED) is 0.363. The van der Waals surface area contributed by atoms with Gasteiger partial charge in [0.2, 0.25) is 5.91 Å². The average Bonchev–Trinajstić information content (AvgIpc) is 3.57. The Morgan fingerprint density at radius 3 is 2.12 bits per heavy atom. The van der Waals surface area contributed by atoms with Crippen molar-refractivity contribution in [3.63, 3.8) is 0 Å². The van der Waals surface area contributed by atoms with Gasteiger partial charge in [0.25, 0.3) is 11.8 Å². The molecule has 0 aromatic heterocycles. The predicted octanol–water partition coefficient (Wildman–Crippen LogP) is 4.04. The van der Waals surface area contributed by atoms with E-state index in [1.165, 1.54) is 0 Å². The minimum Gasteiger partial charge on any atom is -0.326 e. The number of halogens is 1. The van der Waals surface area contributed by atoms with Gasteiger partial charge >= 0.3 is 0 Å². The molecule has 9 heteroatoms. The van der Waals surface area contributed by atoms with Crippen LogP contribution in [0.2, 0.25) is 0 Å². The van der Waals surface area contributed by atoms with E-state index in [9.17, 15) is 14.4 Å². The summed E-state index contributed by atoms with van der Waals surface area (Å²) in [5, 5.41) is 5.31. The number of hydrazine groups is 1. The first-order valence-electron chi connectivity index (χ1n) is 10.2. The van der Waals surface area contributed by atoms with Crippen LogP contribution in [-0.2, 0) is 10.2 Å².